The average Bonchev–Trinajstić information content (AvgIpc) is 2.56. The van der Waals surface area contributed by atoms with E-state index >= 15 is 0 Å². The van der Waals surface area contributed by atoms with Gasteiger partial charge in [-0.15, -0.1) is 0 Å². The Morgan fingerprint density at radius 2 is 0.833 bits per heavy atom. The highest BCUT2D eigenvalue weighted by Crippen LogP contribution is 2.41. The van der Waals surface area contributed by atoms with E-state index in [9.17, 15) is 40.9 Å². The SMILES string of the molecule is OCC(O)C(O)C(O)C(O)C1CCC1C(O)C(O)C(O)C(O)CO. The predicted octanol–water partition coefficient (Wildman–Crippen LogP) is -5.12. The summed E-state index contributed by atoms with van der Waals surface area (Å²) in [7, 11) is 0. The van der Waals surface area contributed by atoms with Crippen LogP contribution < -0.4 is 0 Å². The molecule has 0 bridgehead atoms. The molecule has 0 aromatic carbocycles. The molecule has 1 fully saturated rings. The summed E-state index contributed by atoms with van der Waals surface area (Å²) in [4.78, 5) is 0. The molecule has 0 radical (unpaired) electrons. The predicted molar refractivity (Wildman–Crippen MR) is 78.4 cm³/mol. The quantitative estimate of drug-likeness (QED) is 0.180. The minimum absolute atomic E-state index is 0.354. The Bertz CT molecular complexity index is 335. The van der Waals surface area contributed by atoms with Gasteiger partial charge in [-0.2, -0.15) is 0 Å². The van der Waals surface area contributed by atoms with Crippen molar-refractivity contribution >= 4 is 0 Å². The van der Waals surface area contributed by atoms with Gasteiger partial charge in [-0.05, 0) is 24.7 Å². The van der Waals surface area contributed by atoms with Crippen molar-refractivity contribution in [2.75, 3.05) is 13.2 Å². The van der Waals surface area contributed by atoms with Gasteiger partial charge in [-0.1, -0.05) is 0 Å². The van der Waals surface area contributed by atoms with Gasteiger partial charge in [0, 0.05) is 0 Å². The maximum atomic E-state index is 10.1. The molecule has 0 amide bonds. The van der Waals surface area contributed by atoms with Crippen LogP contribution >= 0.6 is 0 Å². The molecule has 0 heterocycles. The van der Waals surface area contributed by atoms with E-state index in [4.69, 9.17) is 10.2 Å². The zero-order valence-electron chi connectivity index (χ0n) is 13.1. The Labute approximate surface area is 138 Å². The first-order valence-corrected chi connectivity index (χ1v) is 7.83. The maximum Gasteiger partial charge on any atom is 0.110 e. The highest BCUT2D eigenvalue weighted by molar-refractivity contribution is 4.98. The summed E-state index contributed by atoms with van der Waals surface area (Å²) in [6.07, 6.45) is -12.8. The monoisotopic (exact) mass is 356 g/mol. The zero-order valence-corrected chi connectivity index (χ0v) is 13.1. The van der Waals surface area contributed by atoms with Gasteiger partial charge in [0.05, 0.1) is 25.4 Å². The molecular formula is C14H28O10. The Hall–Kier alpha value is -0.400. The van der Waals surface area contributed by atoms with Crippen LogP contribution in [0.25, 0.3) is 0 Å². The van der Waals surface area contributed by atoms with Gasteiger partial charge in [0.25, 0.3) is 0 Å². The third-order valence-electron chi connectivity index (χ3n) is 4.82. The molecule has 0 aromatic heterocycles. The van der Waals surface area contributed by atoms with Crippen LogP contribution in [0.5, 0.6) is 0 Å². The molecular weight excluding hydrogens is 328 g/mol. The molecule has 144 valence electrons. The molecule has 1 aliphatic carbocycles. The molecule has 10 atom stereocenters. The van der Waals surface area contributed by atoms with Gasteiger partial charge in [0.1, 0.15) is 36.6 Å². The van der Waals surface area contributed by atoms with Gasteiger partial charge >= 0.3 is 0 Å². The molecule has 0 aromatic rings. The smallest absolute Gasteiger partial charge is 0.110 e. The van der Waals surface area contributed by atoms with E-state index in [2.05, 4.69) is 0 Å². The maximum absolute atomic E-state index is 10.1. The van der Waals surface area contributed by atoms with Crippen molar-refractivity contribution in [3.05, 3.63) is 0 Å². The highest BCUT2D eigenvalue weighted by atomic mass is 16.4. The van der Waals surface area contributed by atoms with E-state index in [1.54, 1.807) is 0 Å². The number of rotatable bonds is 10. The largest absolute Gasteiger partial charge is 0.394 e. The minimum atomic E-state index is -1.80. The Morgan fingerprint density at radius 3 is 1.04 bits per heavy atom. The lowest BCUT2D eigenvalue weighted by molar-refractivity contribution is -0.178. The third kappa shape index (κ3) is 4.61. The number of hydrogen-bond donors (Lipinski definition) is 10. The van der Waals surface area contributed by atoms with Crippen LogP contribution in [0.4, 0.5) is 0 Å². The first-order chi connectivity index (χ1) is 11.2. The van der Waals surface area contributed by atoms with E-state index in [-0.39, 0.29) is 0 Å². The van der Waals surface area contributed by atoms with Crippen molar-refractivity contribution in [1.29, 1.82) is 0 Å². The topological polar surface area (TPSA) is 202 Å². The standard InChI is InChI=1S/C14H28O10/c15-3-7(17)11(21)13(23)9(19)5-1-2-6(5)10(20)14(24)12(22)8(18)4-16/h5-24H,1-4H2. The second kappa shape index (κ2) is 9.34. The average molecular weight is 356 g/mol. The number of hydrogen-bond acceptors (Lipinski definition) is 10. The second-order valence-electron chi connectivity index (χ2n) is 6.35. The summed E-state index contributed by atoms with van der Waals surface area (Å²) in [5, 5.41) is 95.2. The summed E-state index contributed by atoms with van der Waals surface area (Å²) < 4.78 is 0. The van der Waals surface area contributed by atoms with Crippen LogP contribution in [0.2, 0.25) is 0 Å². The van der Waals surface area contributed by atoms with E-state index in [1.165, 1.54) is 0 Å². The lowest BCUT2D eigenvalue weighted by Crippen LogP contribution is -2.57. The summed E-state index contributed by atoms with van der Waals surface area (Å²) in [6, 6.07) is 0. The lowest BCUT2D eigenvalue weighted by atomic mass is 9.65. The fourth-order valence-electron chi connectivity index (χ4n) is 2.98. The third-order valence-corrected chi connectivity index (χ3v) is 4.82. The molecule has 10 heteroatoms. The van der Waals surface area contributed by atoms with Crippen molar-refractivity contribution in [3.8, 4) is 0 Å². The van der Waals surface area contributed by atoms with Crippen molar-refractivity contribution in [3.63, 3.8) is 0 Å². The Morgan fingerprint density at radius 1 is 0.542 bits per heavy atom. The fourth-order valence-corrected chi connectivity index (χ4v) is 2.98. The molecule has 24 heavy (non-hydrogen) atoms. The number of aliphatic hydroxyl groups is 10. The van der Waals surface area contributed by atoms with E-state index in [1.807, 2.05) is 0 Å². The van der Waals surface area contributed by atoms with E-state index in [0.717, 1.165) is 0 Å². The first-order valence-electron chi connectivity index (χ1n) is 7.83. The molecule has 0 aliphatic heterocycles. The molecule has 10 unspecified atom stereocenters. The Balaban J connectivity index is 2.68. The van der Waals surface area contributed by atoms with Crippen molar-refractivity contribution in [2.45, 2.75) is 61.7 Å². The fraction of sp³-hybridized carbons (Fsp3) is 1.00. The number of aliphatic hydroxyl groups excluding tert-OH is 10. The normalized spacial score (nSPS) is 31.2. The van der Waals surface area contributed by atoms with Crippen LogP contribution in [-0.2, 0) is 0 Å². The zero-order chi connectivity index (χ0) is 18.6. The summed E-state index contributed by atoms with van der Waals surface area (Å²) in [6.45, 7) is -1.63. The van der Waals surface area contributed by atoms with Crippen molar-refractivity contribution in [1.82, 2.24) is 0 Å². The molecule has 10 nitrogen and oxygen atoms in total. The summed E-state index contributed by atoms with van der Waals surface area (Å²) in [5.41, 5.74) is 0. The molecule has 1 aliphatic rings. The Kier molecular flexibility index (Phi) is 8.42. The molecule has 1 saturated carbocycles. The second-order valence-corrected chi connectivity index (χ2v) is 6.35. The van der Waals surface area contributed by atoms with Crippen molar-refractivity contribution in [2.24, 2.45) is 11.8 Å². The van der Waals surface area contributed by atoms with Gasteiger partial charge in [-0.3, -0.25) is 0 Å². The van der Waals surface area contributed by atoms with Crippen molar-refractivity contribution < 1.29 is 51.1 Å². The van der Waals surface area contributed by atoms with E-state index < -0.39 is 73.9 Å². The van der Waals surface area contributed by atoms with E-state index in [0.29, 0.717) is 12.8 Å². The van der Waals surface area contributed by atoms with Gasteiger partial charge in [0.2, 0.25) is 0 Å². The van der Waals surface area contributed by atoms with Crippen LogP contribution in [0.15, 0.2) is 0 Å². The summed E-state index contributed by atoms with van der Waals surface area (Å²) in [5.74, 6) is -1.47. The molecule has 0 spiro atoms. The van der Waals surface area contributed by atoms with Gasteiger partial charge in [-0.25, -0.2) is 0 Å². The highest BCUT2D eigenvalue weighted by Gasteiger charge is 2.48. The van der Waals surface area contributed by atoms with Crippen LogP contribution in [-0.4, -0.2) is 113 Å². The van der Waals surface area contributed by atoms with Gasteiger partial charge in [0.15, 0.2) is 0 Å². The molecule has 10 N–H and O–H groups in total. The molecule has 0 saturated heterocycles. The molecule has 1 rings (SSSR count). The lowest BCUT2D eigenvalue weighted by Gasteiger charge is -2.46. The van der Waals surface area contributed by atoms with Crippen LogP contribution in [0, 0.1) is 11.8 Å². The van der Waals surface area contributed by atoms with Crippen LogP contribution in [0.3, 0.4) is 0 Å². The summed E-state index contributed by atoms with van der Waals surface area (Å²) >= 11 is 0. The minimum Gasteiger partial charge on any atom is -0.394 e. The van der Waals surface area contributed by atoms with Gasteiger partial charge < -0.3 is 51.1 Å². The first kappa shape index (κ1) is 21.6. The van der Waals surface area contributed by atoms with Crippen LogP contribution in [0.1, 0.15) is 12.8 Å².